The van der Waals surface area contributed by atoms with Crippen molar-refractivity contribution < 1.29 is 9.90 Å². The second-order valence-electron chi connectivity index (χ2n) is 4.30. The van der Waals surface area contributed by atoms with E-state index in [-0.39, 0.29) is 18.6 Å². The Labute approximate surface area is 99.7 Å². The molecule has 0 saturated carbocycles. The van der Waals surface area contributed by atoms with Crippen LogP contribution in [0.5, 0.6) is 0 Å². The Morgan fingerprint density at radius 1 is 1.62 bits per heavy atom. The molecule has 88 valence electrons. The molecule has 3 nitrogen and oxygen atoms in total. The van der Waals surface area contributed by atoms with Gasteiger partial charge in [-0.1, -0.05) is 0 Å². The van der Waals surface area contributed by atoms with Gasteiger partial charge in [0.05, 0.1) is 18.2 Å². The van der Waals surface area contributed by atoms with Gasteiger partial charge in [-0.25, -0.2) is 0 Å². The molecule has 0 aromatic carbocycles. The highest BCUT2D eigenvalue weighted by Crippen LogP contribution is 2.25. The second kappa shape index (κ2) is 4.55. The topological polar surface area (TPSA) is 40.5 Å². The van der Waals surface area contributed by atoms with E-state index in [1.165, 1.54) is 4.88 Å². The highest BCUT2D eigenvalue weighted by Gasteiger charge is 2.29. The van der Waals surface area contributed by atoms with E-state index in [4.69, 9.17) is 0 Å². The average molecular weight is 239 g/mol. The number of carbonyl (C=O) groups is 1. The molecular formula is C12H17NO2S. The molecule has 16 heavy (non-hydrogen) atoms. The quantitative estimate of drug-likeness (QED) is 0.857. The summed E-state index contributed by atoms with van der Waals surface area (Å²) in [7, 11) is 0. The van der Waals surface area contributed by atoms with Crippen molar-refractivity contribution in [3.63, 3.8) is 0 Å². The Kier molecular flexibility index (Phi) is 3.30. The number of aliphatic hydroxyl groups excluding tert-OH is 1. The van der Waals surface area contributed by atoms with Gasteiger partial charge in [-0.05, 0) is 32.8 Å². The van der Waals surface area contributed by atoms with Gasteiger partial charge in [-0.3, -0.25) is 4.79 Å². The molecule has 0 aliphatic carbocycles. The fraction of sp³-hybridized carbons (Fsp3) is 0.583. The van der Waals surface area contributed by atoms with Crippen molar-refractivity contribution in [2.45, 2.75) is 32.7 Å². The fourth-order valence-corrected chi connectivity index (χ4v) is 3.21. The summed E-state index contributed by atoms with van der Waals surface area (Å²) >= 11 is 1.66. The number of rotatable bonds is 2. The number of nitrogens with zero attached hydrogens (tertiary/aromatic N) is 1. The molecule has 1 unspecified atom stereocenters. The summed E-state index contributed by atoms with van der Waals surface area (Å²) in [5.41, 5.74) is 0.808. The minimum Gasteiger partial charge on any atom is -0.394 e. The number of thiophene rings is 1. The fourth-order valence-electron chi connectivity index (χ4n) is 2.29. The first-order chi connectivity index (χ1) is 7.63. The largest absolute Gasteiger partial charge is 0.394 e. The Morgan fingerprint density at radius 2 is 2.38 bits per heavy atom. The van der Waals surface area contributed by atoms with Crippen molar-refractivity contribution in [3.05, 3.63) is 21.4 Å². The van der Waals surface area contributed by atoms with Gasteiger partial charge in [-0.2, -0.15) is 0 Å². The summed E-state index contributed by atoms with van der Waals surface area (Å²) in [4.78, 5) is 16.3. The van der Waals surface area contributed by atoms with Gasteiger partial charge >= 0.3 is 0 Å². The van der Waals surface area contributed by atoms with Gasteiger partial charge in [0.15, 0.2) is 0 Å². The van der Waals surface area contributed by atoms with Gasteiger partial charge < -0.3 is 10.0 Å². The number of aryl methyl sites for hydroxylation is 2. The minimum atomic E-state index is 0.0205. The molecule has 2 heterocycles. The summed E-state index contributed by atoms with van der Waals surface area (Å²) in [5.74, 6) is 0.0819. The lowest BCUT2D eigenvalue weighted by molar-refractivity contribution is 0.0677. The van der Waals surface area contributed by atoms with Crippen molar-refractivity contribution in [2.75, 3.05) is 13.2 Å². The van der Waals surface area contributed by atoms with Gasteiger partial charge in [0, 0.05) is 16.3 Å². The van der Waals surface area contributed by atoms with E-state index in [2.05, 4.69) is 0 Å². The zero-order chi connectivity index (χ0) is 11.7. The van der Waals surface area contributed by atoms with E-state index in [1.807, 2.05) is 24.8 Å². The van der Waals surface area contributed by atoms with Crippen molar-refractivity contribution in [1.29, 1.82) is 0 Å². The van der Waals surface area contributed by atoms with E-state index in [9.17, 15) is 9.90 Å². The van der Waals surface area contributed by atoms with E-state index in [1.54, 1.807) is 11.3 Å². The van der Waals surface area contributed by atoms with E-state index < -0.39 is 0 Å². The SMILES string of the molecule is Cc1cc(C(=O)N2CCCC2CO)c(C)s1. The van der Waals surface area contributed by atoms with Crippen LogP contribution < -0.4 is 0 Å². The van der Waals surface area contributed by atoms with Crippen LogP contribution >= 0.6 is 11.3 Å². The molecule has 0 spiro atoms. The molecule has 1 amide bonds. The number of carbonyl (C=O) groups excluding carboxylic acids is 1. The monoisotopic (exact) mass is 239 g/mol. The van der Waals surface area contributed by atoms with Crippen molar-refractivity contribution in [1.82, 2.24) is 4.90 Å². The first-order valence-electron chi connectivity index (χ1n) is 5.62. The van der Waals surface area contributed by atoms with Crippen LogP contribution in [0, 0.1) is 13.8 Å². The number of amides is 1. The molecule has 1 saturated heterocycles. The Balaban J connectivity index is 2.21. The molecule has 1 N–H and O–H groups in total. The maximum atomic E-state index is 12.3. The summed E-state index contributed by atoms with van der Waals surface area (Å²) < 4.78 is 0. The molecule has 0 bridgehead atoms. The van der Waals surface area contributed by atoms with Gasteiger partial charge in [-0.15, -0.1) is 11.3 Å². The van der Waals surface area contributed by atoms with Crippen LogP contribution in [0.4, 0.5) is 0 Å². The van der Waals surface area contributed by atoms with Crippen LogP contribution in [0.25, 0.3) is 0 Å². The first-order valence-corrected chi connectivity index (χ1v) is 6.44. The molecule has 2 rings (SSSR count). The maximum Gasteiger partial charge on any atom is 0.255 e. The van der Waals surface area contributed by atoms with Crippen molar-refractivity contribution in [3.8, 4) is 0 Å². The summed E-state index contributed by atoms with van der Waals surface area (Å²) in [5, 5.41) is 9.22. The van der Waals surface area contributed by atoms with Crippen LogP contribution in [0.2, 0.25) is 0 Å². The third-order valence-electron chi connectivity index (χ3n) is 3.12. The van der Waals surface area contributed by atoms with E-state index >= 15 is 0 Å². The van der Waals surface area contributed by atoms with Crippen LogP contribution in [0.15, 0.2) is 6.07 Å². The van der Waals surface area contributed by atoms with E-state index in [0.717, 1.165) is 29.8 Å². The number of hydrogen-bond acceptors (Lipinski definition) is 3. The Morgan fingerprint density at radius 3 is 2.94 bits per heavy atom. The lowest BCUT2D eigenvalue weighted by atomic mass is 10.2. The zero-order valence-corrected chi connectivity index (χ0v) is 10.5. The van der Waals surface area contributed by atoms with Gasteiger partial charge in [0.2, 0.25) is 0 Å². The molecule has 1 aliphatic heterocycles. The third kappa shape index (κ3) is 1.99. The smallest absolute Gasteiger partial charge is 0.255 e. The predicted molar refractivity (Wildman–Crippen MR) is 64.9 cm³/mol. The van der Waals surface area contributed by atoms with Gasteiger partial charge in [0.25, 0.3) is 5.91 Å². The van der Waals surface area contributed by atoms with Crippen LogP contribution in [0.1, 0.15) is 33.0 Å². The first kappa shape index (κ1) is 11.6. The number of likely N-dealkylation sites (tertiary alicyclic amines) is 1. The zero-order valence-electron chi connectivity index (χ0n) is 9.69. The highest BCUT2D eigenvalue weighted by atomic mass is 32.1. The molecule has 0 radical (unpaired) electrons. The molecule has 1 aromatic rings. The lowest BCUT2D eigenvalue weighted by Crippen LogP contribution is -2.37. The number of aliphatic hydroxyl groups is 1. The molecular weight excluding hydrogens is 222 g/mol. The predicted octanol–water partition coefficient (Wildman–Crippen LogP) is 1.96. The minimum absolute atomic E-state index is 0.0205. The molecule has 1 aliphatic rings. The third-order valence-corrected chi connectivity index (χ3v) is 4.09. The van der Waals surface area contributed by atoms with Crippen LogP contribution in [-0.2, 0) is 0 Å². The highest BCUT2D eigenvalue weighted by molar-refractivity contribution is 7.12. The molecule has 1 fully saturated rings. The standard InChI is InChI=1S/C12H17NO2S/c1-8-6-11(9(2)16-8)12(15)13-5-3-4-10(13)7-14/h6,10,14H,3-5,7H2,1-2H3. The second-order valence-corrected chi connectivity index (χ2v) is 5.76. The van der Waals surface area contributed by atoms with E-state index in [0.29, 0.717) is 0 Å². The van der Waals surface area contributed by atoms with Crippen LogP contribution in [0.3, 0.4) is 0 Å². The number of hydrogen-bond donors (Lipinski definition) is 1. The van der Waals surface area contributed by atoms with Crippen LogP contribution in [-0.4, -0.2) is 35.1 Å². The normalized spacial score (nSPS) is 20.4. The Hall–Kier alpha value is -0.870. The lowest BCUT2D eigenvalue weighted by Gasteiger charge is -2.22. The van der Waals surface area contributed by atoms with Gasteiger partial charge in [0.1, 0.15) is 0 Å². The summed E-state index contributed by atoms with van der Waals surface area (Å²) in [6.07, 6.45) is 1.92. The van der Waals surface area contributed by atoms with Crippen molar-refractivity contribution >= 4 is 17.2 Å². The summed E-state index contributed by atoms with van der Waals surface area (Å²) in [6, 6.07) is 1.97. The maximum absolute atomic E-state index is 12.3. The summed E-state index contributed by atoms with van der Waals surface area (Å²) in [6.45, 7) is 4.85. The Bertz CT molecular complexity index is 400. The molecule has 1 atom stereocenters. The van der Waals surface area contributed by atoms with Crippen molar-refractivity contribution in [2.24, 2.45) is 0 Å². The average Bonchev–Trinajstić information content (AvgIpc) is 2.83. The molecule has 4 heteroatoms. The molecule has 1 aromatic heterocycles.